The van der Waals surface area contributed by atoms with E-state index in [1.165, 1.54) is 6.07 Å². The normalized spacial score (nSPS) is 11.2. The molecule has 5 aromatic rings. The second kappa shape index (κ2) is 7.45. The number of hydrogen-bond acceptors (Lipinski definition) is 5. The van der Waals surface area contributed by atoms with Crippen LogP contribution in [0.15, 0.2) is 91.2 Å². The number of halogens is 1. The second-order valence-electron chi connectivity index (χ2n) is 7.05. The lowest BCUT2D eigenvalue weighted by Gasteiger charge is -2.09. The molecule has 0 N–H and O–H groups in total. The molecule has 2 heterocycles. The van der Waals surface area contributed by atoms with Crippen molar-refractivity contribution in [2.45, 2.75) is 0 Å². The summed E-state index contributed by atoms with van der Waals surface area (Å²) in [6.07, 6.45) is 0. The first-order valence-corrected chi connectivity index (χ1v) is 9.86. The van der Waals surface area contributed by atoms with E-state index < -0.39 is 11.3 Å². The van der Waals surface area contributed by atoms with Gasteiger partial charge in [-0.2, -0.15) is 0 Å². The van der Waals surface area contributed by atoms with Crippen LogP contribution in [-0.2, 0) is 0 Å². The van der Waals surface area contributed by atoms with E-state index >= 15 is 0 Å². The van der Waals surface area contributed by atoms with E-state index in [9.17, 15) is 9.59 Å². The van der Waals surface area contributed by atoms with Crippen LogP contribution in [-0.4, -0.2) is 7.11 Å². The molecule has 0 saturated heterocycles. The maximum Gasteiger partial charge on any atom is 0.344 e. The van der Waals surface area contributed by atoms with Crippen LogP contribution < -0.4 is 16.0 Å². The van der Waals surface area contributed by atoms with Gasteiger partial charge in [-0.15, -0.1) is 0 Å². The summed E-state index contributed by atoms with van der Waals surface area (Å²) in [6, 6.07) is 20.9. The van der Waals surface area contributed by atoms with Gasteiger partial charge in [-0.25, -0.2) is 9.59 Å². The summed E-state index contributed by atoms with van der Waals surface area (Å²) in [5.74, 6) is 0.712. The van der Waals surface area contributed by atoms with Gasteiger partial charge >= 0.3 is 11.3 Å². The van der Waals surface area contributed by atoms with Gasteiger partial charge in [0.25, 0.3) is 0 Å². The Morgan fingerprint density at radius 2 is 1.48 bits per heavy atom. The number of methoxy groups -OCH3 is 1. The minimum Gasteiger partial charge on any atom is -0.497 e. The van der Waals surface area contributed by atoms with Gasteiger partial charge in [0.15, 0.2) is 0 Å². The largest absolute Gasteiger partial charge is 0.497 e. The number of benzene rings is 3. The van der Waals surface area contributed by atoms with Gasteiger partial charge in [-0.3, -0.25) is 0 Å². The zero-order valence-electron chi connectivity index (χ0n) is 16.3. The highest BCUT2D eigenvalue weighted by atomic mass is 35.5. The number of rotatable bonds is 3. The summed E-state index contributed by atoms with van der Waals surface area (Å²) in [7, 11) is 1.59. The Hall–Kier alpha value is -3.83. The fourth-order valence-corrected chi connectivity index (χ4v) is 3.82. The highest BCUT2D eigenvalue weighted by Crippen LogP contribution is 2.32. The van der Waals surface area contributed by atoms with Crippen LogP contribution in [0, 0.1) is 0 Å². The van der Waals surface area contributed by atoms with Crippen LogP contribution in [0.5, 0.6) is 5.75 Å². The van der Waals surface area contributed by atoms with Crippen molar-refractivity contribution in [2.24, 2.45) is 0 Å². The van der Waals surface area contributed by atoms with Gasteiger partial charge in [0.05, 0.1) is 12.7 Å². The number of ether oxygens (including phenoxy) is 1. The molecule has 0 unspecified atom stereocenters. The molecule has 0 fully saturated rings. The van der Waals surface area contributed by atoms with Gasteiger partial charge in [-0.1, -0.05) is 29.8 Å². The van der Waals surface area contributed by atoms with Crippen LogP contribution >= 0.6 is 11.6 Å². The Balaban J connectivity index is 1.74. The third kappa shape index (κ3) is 3.49. The maximum absolute atomic E-state index is 12.6. The first-order chi connectivity index (χ1) is 15.0. The van der Waals surface area contributed by atoms with Crippen LogP contribution in [0.4, 0.5) is 0 Å². The summed E-state index contributed by atoms with van der Waals surface area (Å²) in [5, 5.41) is 1.97. The van der Waals surface area contributed by atoms with Crippen molar-refractivity contribution in [1.29, 1.82) is 0 Å². The summed E-state index contributed by atoms with van der Waals surface area (Å²) >= 11 is 6.09. The Morgan fingerprint density at radius 1 is 0.742 bits per heavy atom. The van der Waals surface area contributed by atoms with Gasteiger partial charge in [0, 0.05) is 21.9 Å². The monoisotopic (exact) mass is 430 g/mol. The molecule has 0 aliphatic carbocycles. The summed E-state index contributed by atoms with van der Waals surface area (Å²) in [4.78, 5) is 24.8. The zero-order chi connectivity index (χ0) is 21.5. The van der Waals surface area contributed by atoms with E-state index in [-0.39, 0.29) is 0 Å². The molecular formula is C25H15ClO5. The van der Waals surface area contributed by atoms with Crippen LogP contribution in [0.3, 0.4) is 0 Å². The fraction of sp³-hybridized carbons (Fsp3) is 0.0400. The van der Waals surface area contributed by atoms with Gasteiger partial charge in [-0.05, 0) is 65.2 Å². The predicted molar refractivity (Wildman–Crippen MR) is 121 cm³/mol. The highest BCUT2D eigenvalue weighted by Gasteiger charge is 2.13. The number of hydrogen-bond donors (Lipinski definition) is 0. The van der Waals surface area contributed by atoms with Crippen molar-refractivity contribution in [3.63, 3.8) is 0 Å². The van der Waals surface area contributed by atoms with E-state index in [4.69, 9.17) is 25.2 Å². The Bertz CT molecular complexity index is 1560. The van der Waals surface area contributed by atoms with Crippen molar-refractivity contribution in [3.05, 3.63) is 98.7 Å². The molecule has 6 heteroatoms. The standard InChI is InChI=1S/C25H15ClO5/c1-29-18-6-2-14(3-7-18)19-13-24(27)30-23-8-4-15(11-21(19)23)20-12-16-10-17(26)5-9-22(16)31-25(20)28/h2-13H,1H3. The van der Waals surface area contributed by atoms with Crippen LogP contribution in [0.25, 0.3) is 44.2 Å². The first-order valence-electron chi connectivity index (χ1n) is 9.48. The fourth-order valence-electron chi connectivity index (χ4n) is 3.64. The Labute approximate surface area is 181 Å². The Morgan fingerprint density at radius 3 is 2.26 bits per heavy atom. The van der Waals surface area contributed by atoms with Crippen molar-refractivity contribution in [1.82, 2.24) is 0 Å². The van der Waals surface area contributed by atoms with E-state index in [0.29, 0.717) is 44.0 Å². The quantitative estimate of drug-likeness (QED) is 0.333. The molecule has 0 bridgehead atoms. The molecule has 152 valence electrons. The van der Waals surface area contributed by atoms with Crippen LogP contribution in [0.1, 0.15) is 0 Å². The third-order valence-electron chi connectivity index (χ3n) is 5.15. The Kier molecular flexibility index (Phi) is 4.60. The predicted octanol–water partition coefficient (Wildman–Crippen LogP) is 5.90. The molecule has 0 aliphatic heterocycles. The average Bonchev–Trinajstić information content (AvgIpc) is 2.78. The highest BCUT2D eigenvalue weighted by molar-refractivity contribution is 6.31. The maximum atomic E-state index is 12.6. The van der Waals surface area contributed by atoms with E-state index in [1.807, 2.05) is 30.3 Å². The molecule has 5 rings (SSSR count). The molecule has 0 atom stereocenters. The van der Waals surface area contributed by atoms with Gasteiger partial charge in [0.2, 0.25) is 0 Å². The molecule has 31 heavy (non-hydrogen) atoms. The second-order valence-corrected chi connectivity index (χ2v) is 7.48. The van der Waals surface area contributed by atoms with Crippen molar-refractivity contribution in [3.8, 4) is 28.0 Å². The zero-order valence-corrected chi connectivity index (χ0v) is 17.1. The SMILES string of the molecule is COc1ccc(-c2cc(=O)oc3ccc(-c4cc5cc(Cl)ccc5oc4=O)cc23)cc1. The lowest BCUT2D eigenvalue weighted by molar-refractivity contribution is 0.415. The van der Waals surface area contributed by atoms with E-state index in [1.54, 1.807) is 43.5 Å². The molecule has 0 radical (unpaired) electrons. The molecule has 3 aromatic carbocycles. The molecular weight excluding hydrogens is 416 g/mol. The van der Waals surface area contributed by atoms with Crippen LogP contribution in [0.2, 0.25) is 5.02 Å². The molecule has 0 spiro atoms. The minimum atomic E-state index is -0.461. The van der Waals surface area contributed by atoms with Crippen molar-refractivity contribution in [2.75, 3.05) is 7.11 Å². The van der Waals surface area contributed by atoms with E-state index in [0.717, 1.165) is 10.9 Å². The molecule has 2 aromatic heterocycles. The molecule has 0 saturated carbocycles. The lowest BCUT2D eigenvalue weighted by Crippen LogP contribution is -2.03. The number of fused-ring (bicyclic) bond motifs is 2. The average molecular weight is 431 g/mol. The summed E-state index contributed by atoms with van der Waals surface area (Å²) in [6.45, 7) is 0. The van der Waals surface area contributed by atoms with E-state index in [2.05, 4.69) is 0 Å². The summed E-state index contributed by atoms with van der Waals surface area (Å²) in [5.41, 5.74) is 2.54. The summed E-state index contributed by atoms with van der Waals surface area (Å²) < 4.78 is 16.1. The third-order valence-corrected chi connectivity index (χ3v) is 5.38. The van der Waals surface area contributed by atoms with Gasteiger partial charge < -0.3 is 13.6 Å². The molecule has 5 nitrogen and oxygen atoms in total. The first kappa shape index (κ1) is 19.2. The topological polar surface area (TPSA) is 69.7 Å². The molecule has 0 aliphatic rings. The smallest absolute Gasteiger partial charge is 0.344 e. The lowest BCUT2D eigenvalue weighted by atomic mass is 9.98. The van der Waals surface area contributed by atoms with Crippen molar-refractivity contribution < 1.29 is 13.6 Å². The minimum absolute atomic E-state index is 0.392. The van der Waals surface area contributed by atoms with Crippen molar-refractivity contribution >= 4 is 33.5 Å². The van der Waals surface area contributed by atoms with Gasteiger partial charge in [0.1, 0.15) is 16.9 Å². The molecule has 0 amide bonds.